The summed E-state index contributed by atoms with van der Waals surface area (Å²) in [5.74, 6) is -3.36. The molecule has 46 heavy (non-hydrogen) atoms. The van der Waals surface area contributed by atoms with Crippen molar-refractivity contribution in [1.29, 1.82) is 5.26 Å². The molecule has 0 unspecified atom stereocenters. The van der Waals surface area contributed by atoms with Gasteiger partial charge in [-0.15, -0.1) is 0 Å². The van der Waals surface area contributed by atoms with Gasteiger partial charge in [-0.1, -0.05) is 19.9 Å². The fourth-order valence-electron chi connectivity index (χ4n) is 6.16. The zero-order valence-corrected chi connectivity index (χ0v) is 25.2. The molecule has 5 rings (SSSR count). The van der Waals surface area contributed by atoms with Crippen LogP contribution < -0.4 is 11.1 Å². The molecule has 1 fully saturated rings. The summed E-state index contributed by atoms with van der Waals surface area (Å²) in [7, 11) is 1.42. The number of carbonyl (C=O) groups excluding carboxylic acids is 3. The average molecular weight is 638 g/mol. The van der Waals surface area contributed by atoms with E-state index in [1.54, 1.807) is 18.2 Å². The molecule has 1 saturated heterocycles. The van der Waals surface area contributed by atoms with Crippen LogP contribution in [0.2, 0.25) is 0 Å². The maximum atomic E-state index is 14.4. The number of aromatic amines is 1. The number of likely N-dealkylation sites (tertiary alicyclic amines) is 1. The van der Waals surface area contributed by atoms with Crippen LogP contribution in [0.5, 0.6) is 0 Å². The topological polar surface area (TPSA) is 148 Å². The highest BCUT2D eigenvalue weighted by atomic mass is 19.3. The molecule has 3 atom stereocenters. The molecule has 3 heterocycles. The zero-order chi connectivity index (χ0) is 33.5. The standard InChI is InChI=1S/C32H31F4N7O3/c1-16(2)8-27(42(3)28(44)26-12-20-22(34)10-18(33)11-25(20)40-26)29(45)43-15-32(13-19(43)14-37)21-9-17(4-5-24(21)41-30(32)46)23(38)6-7-39-31(35)36/h4-7,9-12,16,19,27,31,40H,8,13,15,38H2,1-3H3,(H,41,46)/t19-,27-,32-/m0/s1. The molecule has 10 nitrogen and oxygen atoms in total. The van der Waals surface area contributed by atoms with Gasteiger partial charge in [0.25, 0.3) is 5.91 Å². The number of halogens is 4. The molecule has 14 heteroatoms. The molecule has 3 aromatic rings. The van der Waals surface area contributed by atoms with Gasteiger partial charge in [-0.2, -0.15) is 14.0 Å². The van der Waals surface area contributed by atoms with Gasteiger partial charge in [-0.05, 0) is 53.8 Å². The Hall–Kier alpha value is -5.19. The summed E-state index contributed by atoms with van der Waals surface area (Å²) in [6, 6.07) is 7.88. The van der Waals surface area contributed by atoms with E-state index < -0.39 is 53.4 Å². The lowest BCUT2D eigenvalue weighted by Gasteiger charge is -2.33. The Bertz CT molecular complexity index is 1830. The molecule has 0 radical (unpaired) electrons. The van der Waals surface area contributed by atoms with E-state index in [0.29, 0.717) is 22.9 Å². The van der Waals surface area contributed by atoms with Gasteiger partial charge in [-0.25, -0.2) is 13.8 Å². The lowest BCUT2D eigenvalue weighted by Crippen LogP contribution is -2.52. The first-order chi connectivity index (χ1) is 21.7. The molecular formula is C32H31F4N7O3. The number of anilines is 1. The summed E-state index contributed by atoms with van der Waals surface area (Å²) >= 11 is 0. The van der Waals surface area contributed by atoms with Gasteiger partial charge in [0.2, 0.25) is 11.8 Å². The Morgan fingerprint density at radius 3 is 2.65 bits per heavy atom. The number of aliphatic imine (C=N–C) groups is 1. The molecule has 2 aliphatic heterocycles. The molecule has 0 saturated carbocycles. The lowest BCUT2D eigenvalue weighted by atomic mass is 9.79. The quantitative estimate of drug-likeness (QED) is 0.189. The maximum Gasteiger partial charge on any atom is 0.331 e. The van der Waals surface area contributed by atoms with Crippen molar-refractivity contribution in [3.8, 4) is 6.07 Å². The molecule has 240 valence electrons. The number of allylic oxidation sites excluding steroid dienone is 1. The van der Waals surface area contributed by atoms with Crippen LogP contribution in [0.3, 0.4) is 0 Å². The van der Waals surface area contributed by atoms with Crippen LogP contribution >= 0.6 is 0 Å². The van der Waals surface area contributed by atoms with E-state index in [2.05, 4.69) is 21.4 Å². The monoisotopic (exact) mass is 637 g/mol. The predicted molar refractivity (Wildman–Crippen MR) is 163 cm³/mol. The van der Waals surface area contributed by atoms with Crippen molar-refractivity contribution in [2.24, 2.45) is 16.6 Å². The van der Waals surface area contributed by atoms with Gasteiger partial charge in [0.05, 0.1) is 17.0 Å². The van der Waals surface area contributed by atoms with Gasteiger partial charge >= 0.3 is 6.55 Å². The lowest BCUT2D eigenvalue weighted by molar-refractivity contribution is -0.136. The number of alkyl halides is 2. The number of nitrogens with two attached hydrogens (primary N) is 1. The molecule has 3 amide bonds. The number of benzene rings is 2. The van der Waals surface area contributed by atoms with Gasteiger partial charge in [0.1, 0.15) is 29.4 Å². The van der Waals surface area contributed by atoms with Crippen molar-refractivity contribution in [2.75, 3.05) is 18.9 Å². The average Bonchev–Trinajstić information content (AvgIpc) is 3.68. The van der Waals surface area contributed by atoms with Crippen LogP contribution in [0.1, 0.15) is 48.3 Å². The smallest absolute Gasteiger partial charge is 0.331 e. The number of H-pyrrole nitrogens is 1. The molecular weight excluding hydrogens is 606 g/mol. The highest BCUT2D eigenvalue weighted by Gasteiger charge is 2.57. The second-order valence-electron chi connectivity index (χ2n) is 11.9. The summed E-state index contributed by atoms with van der Waals surface area (Å²) in [6.45, 7) is 0.650. The third kappa shape index (κ3) is 5.80. The Kier molecular flexibility index (Phi) is 8.62. The van der Waals surface area contributed by atoms with E-state index in [1.807, 2.05) is 13.8 Å². The fourth-order valence-corrected chi connectivity index (χ4v) is 6.16. The minimum Gasteiger partial charge on any atom is -0.398 e. The minimum absolute atomic E-state index is 0.0120. The number of aromatic nitrogens is 1. The third-order valence-electron chi connectivity index (χ3n) is 8.44. The fraction of sp³-hybridized carbons (Fsp3) is 0.344. The van der Waals surface area contributed by atoms with Crippen LogP contribution in [0.4, 0.5) is 23.2 Å². The highest BCUT2D eigenvalue weighted by Crippen LogP contribution is 2.47. The van der Waals surface area contributed by atoms with Crippen LogP contribution in [0.25, 0.3) is 16.6 Å². The first-order valence-electron chi connectivity index (χ1n) is 14.4. The Morgan fingerprint density at radius 2 is 1.98 bits per heavy atom. The Morgan fingerprint density at radius 1 is 1.24 bits per heavy atom. The number of fused-ring (bicyclic) bond motifs is 3. The summed E-state index contributed by atoms with van der Waals surface area (Å²) < 4.78 is 53.0. The summed E-state index contributed by atoms with van der Waals surface area (Å²) in [5, 5.41) is 13.0. The van der Waals surface area contributed by atoms with Crippen molar-refractivity contribution in [1.82, 2.24) is 14.8 Å². The van der Waals surface area contributed by atoms with E-state index in [0.717, 1.165) is 12.3 Å². The molecule has 2 aromatic carbocycles. The van der Waals surface area contributed by atoms with E-state index >= 15 is 0 Å². The van der Waals surface area contributed by atoms with E-state index in [1.165, 1.54) is 29.0 Å². The van der Waals surface area contributed by atoms with E-state index in [4.69, 9.17) is 5.73 Å². The van der Waals surface area contributed by atoms with Crippen LogP contribution in [-0.2, 0) is 15.0 Å². The van der Waals surface area contributed by atoms with Gasteiger partial charge in [0, 0.05) is 49.1 Å². The molecule has 0 aliphatic carbocycles. The summed E-state index contributed by atoms with van der Waals surface area (Å²) in [4.78, 5) is 49.5. The van der Waals surface area contributed by atoms with Gasteiger partial charge < -0.3 is 25.8 Å². The van der Waals surface area contributed by atoms with Gasteiger partial charge in [0.15, 0.2) is 0 Å². The van der Waals surface area contributed by atoms with Crippen molar-refractivity contribution in [3.63, 3.8) is 0 Å². The first kappa shape index (κ1) is 32.2. The maximum absolute atomic E-state index is 14.4. The van der Waals surface area contributed by atoms with E-state index in [-0.39, 0.29) is 47.6 Å². The number of rotatable bonds is 8. The molecule has 4 N–H and O–H groups in total. The number of likely N-dealkylation sites (N-methyl/N-ethyl adjacent to an activating group) is 1. The largest absolute Gasteiger partial charge is 0.398 e. The Balaban J connectivity index is 1.46. The van der Waals surface area contributed by atoms with Crippen molar-refractivity contribution in [2.45, 2.75) is 50.7 Å². The molecule has 1 spiro atoms. The Labute approximate surface area is 261 Å². The van der Waals surface area contributed by atoms with Crippen molar-refractivity contribution < 1.29 is 31.9 Å². The number of nitrogens with one attached hydrogen (secondary N) is 2. The molecule has 2 aliphatic rings. The second-order valence-corrected chi connectivity index (χ2v) is 11.9. The highest BCUT2D eigenvalue weighted by molar-refractivity contribution is 6.08. The summed E-state index contributed by atoms with van der Waals surface area (Å²) in [6.07, 6.45) is 2.26. The van der Waals surface area contributed by atoms with Gasteiger partial charge in [-0.3, -0.25) is 14.4 Å². The first-order valence-corrected chi connectivity index (χ1v) is 14.4. The molecule has 0 bridgehead atoms. The number of amides is 3. The van der Waals surface area contributed by atoms with Crippen molar-refractivity contribution >= 4 is 46.2 Å². The van der Waals surface area contributed by atoms with Crippen LogP contribution in [-0.4, -0.2) is 70.9 Å². The number of carbonyl (C=O) groups is 3. The number of hydrogen-bond donors (Lipinski definition) is 3. The SMILES string of the molecule is CC(C)C[C@@H](C(=O)N1C[C@]2(C[C@H]1C#N)C(=O)Nc1ccc(C(N)=CC=NC(F)F)cc12)N(C)C(=O)c1cc2c(F)cc(F)cc2[nH]1. The number of nitriles is 1. The second kappa shape index (κ2) is 12.3. The number of hydrogen-bond acceptors (Lipinski definition) is 6. The normalized spacial score (nSPS) is 20.2. The van der Waals surface area contributed by atoms with Crippen LogP contribution in [0, 0.1) is 28.9 Å². The predicted octanol–water partition coefficient (Wildman–Crippen LogP) is 4.54. The van der Waals surface area contributed by atoms with E-state index in [9.17, 15) is 37.2 Å². The third-order valence-corrected chi connectivity index (χ3v) is 8.44. The minimum atomic E-state index is -2.90. The molecule has 1 aromatic heterocycles. The van der Waals surface area contributed by atoms with Crippen molar-refractivity contribution in [3.05, 3.63) is 70.9 Å². The zero-order valence-electron chi connectivity index (χ0n) is 25.2. The number of nitrogens with zero attached hydrogens (tertiary/aromatic N) is 4. The summed E-state index contributed by atoms with van der Waals surface area (Å²) in [5.41, 5.74) is 6.28. The van der Waals surface area contributed by atoms with Crippen LogP contribution in [0.15, 0.2) is 47.5 Å².